The molecular formula is C9H9N3OS. The number of oxime groups is 1. The molecule has 1 heterocycles. The Morgan fingerprint density at radius 1 is 1.57 bits per heavy atom. The Labute approximate surface area is 84.8 Å². The zero-order valence-electron chi connectivity index (χ0n) is 7.34. The number of rotatable bonds is 2. The fourth-order valence-corrected chi connectivity index (χ4v) is 1.97. The van der Waals surface area contributed by atoms with E-state index in [0.29, 0.717) is 6.42 Å². The summed E-state index contributed by atoms with van der Waals surface area (Å²) in [5, 5.41) is 12.5. The molecule has 1 aromatic heterocycles. The predicted octanol–water partition coefficient (Wildman–Crippen LogP) is 1.59. The van der Waals surface area contributed by atoms with Crippen LogP contribution >= 0.6 is 11.5 Å². The van der Waals surface area contributed by atoms with Crippen LogP contribution in [0.25, 0.3) is 10.1 Å². The highest BCUT2D eigenvalue weighted by Crippen LogP contribution is 2.19. The van der Waals surface area contributed by atoms with E-state index in [9.17, 15) is 0 Å². The van der Waals surface area contributed by atoms with Gasteiger partial charge in [-0.2, -0.15) is 4.37 Å². The lowest BCUT2D eigenvalue weighted by atomic mass is 10.1. The molecule has 0 radical (unpaired) electrons. The summed E-state index contributed by atoms with van der Waals surface area (Å²) in [7, 11) is 0. The maximum Gasteiger partial charge on any atom is 0.143 e. The van der Waals surface area contributed by atoms with Crippen LogP contribution in [0.4, 0.5) is 0 Å². The largest absolute Gasteiger partial charge is 0.409 e. The number of fused-ring (bicyclic) bond motifs is 1. The van der Waals surface area contributed by atoms with E-state index in [4.69, 9.17) is 10.9 Å². The molecule has 14 heavy (non-hydrogen) atoms. The van der Waals surface area contributed by atoms with Gasteiger partial charge in [-0.1, -0.05) is 17.3 Å². The molecule has 0 saturated heterocycles. The fraction of sp³-hybridized carbons (Fsp3) is 0.111. The van der Waals surface area contributed by atoms with Gasteiger partial charge in [-0.25, -0.2) is 0 Å². The molecule has 0 unspecified atom stereocenters. The maximum atomic E-state index is 8.42. The Kier molecular flexibility index (Phi) is 2.32. The van der Waals surface area contributed by atoms with E-state index >= 15 is 0 Å². The smallest absolute Gasteiger partial charge is 0.143 e. The van der Waals surface area contributed by atoms with Crippen molar-refractivity contribution in [3.8, 4) is 0 Å². The number of nitrogens with zero attached hydrogens (tertiary/aromatic N) is 2. The van der Waals surface area contributed by atoms with Crippen molar-refractivity contribution < 1.29 is 5.21 Å². The van der Waals surface area contributed by atoms with E-state index in [0.717, 1.165) is 15.6 Å². The third-order valence-corrected chi connectivity index (χ3v) is 2.70. The summed E-state index contributed by atoms with van der Waals surface area (Å²) in [6, 6.07) is 5.94. The Morgan fingerprint density at radius 2 is 2.43 bits per heavy atom. The molecule has 4 nitrogen and oxygen atoms in total. The first kappa shape index (κ1) is 8.96. The molecule has 2 rings (SSSR count). The molecule has 0 aliphatic carbocycles. The number of aromatic nitrogens is 1. The van der Waals surface area contributed by atoms with Crippen molar-refractivity contribution in [1.29, 1.82) is 0 Å². The molecule has 0 bridgehead atoms. The Bertz CT molecular complexity index is 478. The van der Waals surface area contributed by atoms with Crippen LogP contribution in [-0.4, -0.2) is 15.4 Å². The molecule has 3 N–H and O–H groups in total. The average molecular weight is 207 g/mol. The van der Waals surface area contributed by atoms with Gasteiger partial charge in [0.15, 0.2) is 0 Å². The van der Waals surface area contributed by atoms with Gasteiger partial charge in [0, 0.05) is 18.0 Å². The van der Waals surface area contributed by atoms with Crippen LogP contribution in [-0.2, 0) is 6.42 Å². The van der Waals surface area contributed by atoms with E-state index < -0.39 is 0 Å². The summed E-state index contributed by atoms with van der Waals surface area (Å²) < 4.78 is 5.19. The number of nitrogens with two attached hydrogens (primary N) is 1. The third kappa shape index (κ3) is 1.67. The zero-order valence-corrected chi connectivity index (χ0v) is 8.16. The summed E-state index contributed by atoms with van der Waals surface area (Å²) >= 11 is 1.44. The molecule has 5 heteroatoms. The average Bonchev–Trinajstić information content (AvgIpc) is 2.64. The predicted molar refractivity (Wildman–Crippen MR) is 56.7 cm³/mol. The highest BCUT2D eigenvalue weighted by atomic mass is 32.1. The number of hydrogen-bond donors (Lipinski definition) is 2. The van der Waals surface area contributed by atoms with Crippen molar-refractivity contribution in [2.45, 2.75) is 6.42 Å². The van der Waals surface area contributed by atoms with Gasteiger partial charge in [-0.15, -0.1) is 0 Å². The first-order chi connectivity index (χ1) is 6.79. The second-order valence-electron chi connectivity index (χ2n) is 2.97. The first-order valence-electron chi connectivity index (χ1n) is 4.09. The Balaban J connectivity index is 2.34. The van der Waals surface area contributed by atoms with Crippen molar-refractivity contribution in [3.63, 3.8) is 0 Å². The maximum absolute atomic E-state index is 8.42. The van der Waals surface area contributed by atoms with Crippen molar-refractivity contribution in [2.75, 3.05) is 0 Å². The standard InChI is InChI=1S/C9H9N3OS/c10-9(12-13)4-6-1-2-7-5-11-14-8(7)3-6/h1-3,5,13H,4H2,(H2,10,12). The van der Waals surface area contributed by atoms with Crippen LogP contribution in [0.1, 0.15) is 5.56 Å². The normalized spacial score (nSPS) is 12.1. The number of benzene rings is 1. The molecule has 1 aromatic carbocycles. The zero-order chi connectivity index (χ0) is 9.97. The lowest BCUT2D eigenvalue weighted by Crippen LogP contribution is -2.14. The first-order valence-corrected chi connectivity index (χ1v) is 4.86. The molecule has 0 spiro atoms. The molecular weight excluding hydrogens is 198 g/mol. The molecule has 0 aliphatic heterocycles. The summed E-state index contributed by atoms with van der Waals surface area (Å²) in [5.41, 5.74) is 6.44. The van der Waals surface area contributed by atoms with E-state index in [2.05, 4.69) is 9.53 Å². The number of hydrogen-bond acceptors (Lipinski definition) is 4. The van der Waals surface area contributed by atoms with Gasteiger partial charge in [0.25, 0.3) is 0 Å². The van der Waals surface area contributed by atoms with Gasteiger partial charge < -0.3 is 10.9 Å². The monoisotopic (exact) mass is 207 g/mol. The van der Waals surface area contributed by atoms with Crippen molar-refractivity contribution in [3.05, 3.63) is 30.0 Å². The van der Waals surface area contributed by atoms with Crippen LogP contribution in [0.3, 0.4) is 0 Å². The second-order valence-corrected chi connectivity index (χ2v) is 3.80. The van der Waals surface area contributed by atoms with E-state index in [1.54, 1.807) is 0 Å². The van der Waals surface area contributed by atoms with Gasteiger partial charge in [0.1, 0.15) is 5.84 Å². The SMILES string of the molecule is N/C(Cc1ccc2cnsc2c1)=N\O. The molecule has 72 valence electrons. The van der Waals surface area contributed by atoms with Crippen molar-refractivity contribution in [1.82, 2.24) is 4.37 Å². The molecule has 2 aromatic rings. The van der Waals surface area contributed by atoms with Gasteiger partial charge in [0.05, 0.1) is 4.70 Å². The van der Waals surface area contributed by atoms with Crippen LogP contribution < -0.4 is 5.73 Å². The molecule has 0 aliphatic rings. The minimum Gasteiger partial charge on any atom is -0.409 e. The van der Waals surface area contributed by atoms with Crippen molar-refractivity contribution in [2.24, 2.45) is 10.9 Å². The van der Waals surface area contributed by atoms with Gasteiger partial charge >= 0.3 is 0 Å². The van der Waals surface area contributed by atoms with E-state index in [1.807, 2.05) is 24.4 Å². The van der Waals surface area contributed by atoms with Crippen LogP contribution in [0.5, 0.6) is 0 Å². The Morgan fingerprint density at radius 3 is 3.21 bits per heavy atom. The lowest BCUT2D eigenvalue weighted by Gasteiger charge is -1.98. The molecule has 0 atom stereocenters. The minimum atomic E-state index is 0.217. The highest BCUT2D eigenvalue weighted by molar-refractivity contribution is 7.13. The van der Waals surface area contributed by atoms with Gasteiger partial charge in [0.2, 0.25) is 0 Å². The molecule has 0 fully saturated rings. The number of amidine groups is 1. The molecule has 0 saturated carbocycles. The van der Waals surface area contributed by atoms with E-state index in [-0.39, 0.29) is 5.84 Å². The summed E-state index contributed by atoms with van der Waals surface area (Å²) in [6.45, 7) is 0. The second kappa shape index (κ2) is 3.63. The molecule has 0 amide bonds. The fourth-order valence-electron chi connectivity index (χ4n) is 1.26. The summed E-state index contributed by atoms with van der Waals surface area (Å²) in [6.07, 6.45) is 2.29. The Hall–Kier alpha value is -1.62. The summed E-state index contributed by atoms with van der Waals surface area (Å²) in [4.78, 5) is 0. The van der Waals surface area contributed by atoms with Gasteiger partial charge in [-0.3, -0.25) is 0 Å². The van der Waals surface area contributed by atoms with Crippen LogP contribution in [0.15, 0.2) is 29.6 Å². The third-order valence-electron chi connectivity index (χ3n) is 1.93. The van der Waals surface area contributed by atoms with Gasteiger partial charge in [-0.05, 0) is 23.2 Å². The van der Waals surface area contributed by atoms with Crippen LogP contribution in [0.2, 0.25) is 0 Å². The quantitative estimate of drug-likeness (QED) is 0.340. The highest BCUT2D eigenvalue weighted by Gasteiger charge is 2.00. The topological polar surface area (TPSA) is 71.5 Å². The van der Waals surface area contributed by atoms with E-state index in [1.165, 1.54) is 11.5 Å². The minimum absolute atomic E-state index is 0.217. The summed E-state index contributed by atoms with van der Waals surface area (Å²) in [5.74, 6) is 0.217. The lowest BCUT2D eigenvalue weighted by molar-refractivity contribution is 0.317. The van der Waals surface area contributed by atoms with Crippen molar-refractivity contribution >= 4 is 27.5 Å². The van der Waals surface area contributed by atoms with Crippen LogP contribution in [0, 0.1) is 0 Å².